The summed E-state index contributed by atoms with van der Waals surface area (Å²) in [4.78, 5) is 4.73. The molecule has 0 amide bonds. The zero-order chi connectivity index (χ0) is 12.3. The van der Waals surface area contributed by atoms with Crippen LogP contribution in [-0.4, -0.2) is 16.1 Å². The predicted octanol–water partition coefficient (Wildman–Crippen LogP) is 2.86. The zero-order valence-electron chi connectivity index (χ0n) is 11.0. The van der Waals surface area contributed by atoms with Gasteiger partial charge in [0.2, 0.25) is 0 Å². The van der Waals surface area contributed by atoms with E-state index in [1.54, 1.807) is 0 Å². The molecule has 0 aliphatic heterocycles. The molecule has 0 saturated heterocycles. The van der Waals surface area contributed by atoms with Gasteiger partial charge in [-0.25, -0.2) is 4.98 Å². The Balaban J connectivity index is 2.45. The molecule has 0 aliphatic carbocycles. The molecule has 3 heteroatoms. The van der Waals surface area contributed by atoms with Crippen molar-refractivity contribution in [2.75, 3.05) is 6.54 Å². The van der Waals surface area contributed by atoms with Crippen molar-refractivity contribution >= 4 is 11.0 Å². The molecule has 0 spiro atoms. The number of hydrogen-bond donors (Lipinski definition) is 1. The van der Waals surface area contributed by atoms with E-state index in [0.29, 0.717) is 0 Å². The van der Waals surface area contributed by atoms with Gasteiger partial charge in [0.05, 0.1) is 17.6 Å². The first-order valence-electron chi connectivity index (χ1n) is 6.42. The van der Waals surface area contributed by atoms with Crippen molar-refractivity contribution < 1.29 is 0 Å². The zero-order valence-corrected chi connectivity index (χ0v) is 11.0. The van der Waals surface area contributed by atoms with Crippen molar-refractivity contribution in [3.05, 3.63) is 29.6 Å². The Hall–Kier alpha value is -1.35. The summed E-state index contributed by atoms with van der Waals surface area (Å²) in [6, 6.07) is 6.51. The molecule has 1 aromatic heterocycles. The second-order valence-electron chi connectivity index (χ2n) is 4.45. The van der Waals surface area contributed by atoms with E-state index in [4.69, 9.17) is 4.98 Å². The fourth-order valence-corrected chi connectivity index (χ4v) is 2.13. The lowest BCUT2D eigenvalue weighted by molar-refractivity contribution is 0.610. The van der Waals surface area contributed by atoms with Crippen molar-refractivity contribution in [3.63, 3.8) is 0 Å². The van der Waals surface area contributed by atoms with Gasteiger partial charge in [0.1, 0.15) is 5.82 Å². The van der Waals surface area contributed by atoms with Crippen LogP contribution in [0.3, 0.4) is 0 Å². The Morgan fingerprint density at radius 1 is 1.29 bits per heavy atom. The minimum atomic E-state index is 0.851. The number of aromatic nitrogens is 2. The normalized spacial score (nSPS) is 11.2. The topological polar surface area (TPSA) is 29.9 Å². The summed E-state index contributed by atoms with van der Waals surface area (Å²) < 4.78 is 2.33. The molecule has 1 aromatic carbocycles. The van der Waals surface area contributed by atoms with E-state index in [2.05, 4.69) is 48.9 Å². The van der Waals surface area contributed by atoms with Gasteiger partial charge < -0.3 is 9.88 Å². The van der Waals surface area contributed by atoms with E-state index >= 15 is 0 Å². The van der Waals surface area contributed by atoms with Crippen LogP contribution in [0, 0.1) is 6.92 Å². The molecular formula is C14H21N3. The first-order chi connectivity index (χ1) is 8.26. The lowest BCUT2D eigenvalue weighted by atomic mass is 10.2. The summed E-state index contributed by atoms with van der Waals surface area (Å²) in [6.07, 6.45) is 1.14. The van der Waals surface area contributed by atoms with Gasteiger partial charge in [0.25, 0.3) is 0 Å². The summed E-state index contributed by atoms with van der Waals surface area (Å²) in [6.45, 7) is 9.31. The second-order valence-corrected chi connectivity index (χ2v) is 4.45. The molecule has 17 heavy (non-hydrogen) atoms. The summed E-state index contributed by atoms with van der Waals surface area (Å²) in [5, 5.41) is 3.36. The van der Waals surface area contributed by atoms with E-state index in [1.807, 2.05) is 0 Å². The molecule has 1 heterocycles. The van der Waals surface area contributed by atoms with Crippen LogP contribution in [0.5, 0.6) is 0 Å². The number of hydrogen-bond acceptors (Lipinski definition) is 2. The lowest BCUT2D eigenvalue weighted by Crippen LogP contribution is -2.16. The highest BCUT2D eigenvalue weighted by atomic mass is 15.1. The SMILES string of the molecule is CCCn1c(CNCC)nc2cc(C)ccc21. The molecule has 92 valence electrons. The quantitative estimate of drug-likeness (QED) is 0.857. The summed E-state index contributed by atoms with van der Waals surface area (Å²) >= 11 is 0. The first-order valence-corrected chi connectivity index (χ1v) is 6.42. The van der Waals surface area contributed by atoms with Crippen LogP contribution in [0.25, 0.3) is 11.0 Å². The monoisotopic (exact) mass is 231 g/mol. The molecule has 0 saturated carbocycles. The van der Waals surface area contributed by atoms with Crippen LogP contribution in [0.1, 0.15) is 31.7 Å². The summed E-state index contributed by atoms with van der Waals surface area (Å²) in [5.41, 5.74) is 3.64. The van der Waals surface area contributed by atoms with E-state index < -0.39 is 0 Å². The number of rotatable bonds is 5. The second kappa shape index (κ2) is 5.32. The maximum Gasteiger partial charge on any atom is 0.123 e. The average molecular weight is 231 g/mol. The third-order valence-corrected chi connectivity index (χ3v) is 2.96. The Morgan fingerprint density at radius 3 is 2.82 bits per heavy atom. The van der Waals surface area contributed by atoms with Crippen LogP contribution < -0.4 is 5.32 Å². The highest BCUT2D eigenvalue weighted by Crippen LogP contribution is 2.18. The molecule has 1 N–H and O–H groups in total. The van der Waals surface area contributed by atoms with Crippen LogP contribution in [-0.2, 0) is 13.1 Å². The Labute approximate surface area is 103 Å². The maximum atomic E-state index is 4.73. The molecular weight excluding hydrogens is 210 g/mol. The van der Waals surface area contributed by atoms with Gasteiger partial charge in [-0.15, -0.1) is 0 Å². The molecule has 0 unspecified atom stereocenters. The molecule has 0 radical (unpaired) electrons. The van der Waals surface area contributed by atoms with Gasteiger partial charge in [0.15, 0.2) is 0 Å². The van der Waals surface area contributed by atoms with Gasteiger partial charge in [-0.3, -0.25) is 0 Å². The van der Waals surface area contributed by atoms with Crippen LogP contribution in [0.2, 0.25) is 0 Å². The predicted molar refractivity (Wildman–Crippen MR) is 72.1 cm³/mol. The largest absolute Gasteiger partial charge is 0.327 e. The number of nitrogens with zero attached hydrogens (tertiary/aromatic N) is 2. The van der Waals surface area contributed by atoms with Crippen LogP contribution in [0.15, 0.2) is 18.2 Å². The molecule has 2 rings (SSSR count). The minimum Gasteiger partial charge on any atom is -0.327 e. The Kier molecular flexibility index (Phi) is 3.79. The van der Waals surface area contributed by atoms with Crippen molar-refractivity contribution in [1.82, 2.24) is 14.9 Å². The van der Waals surface area contributed by atoms with Gasteiger partial charge in [-0.05, 0) is 37.6 Å². The number of aryl methyl sites for hydroxylation is 2. The van der Waals surface area contributed by atoms with Crippen molar-refractivity contribution in [1.29, 1.82) is 0 Å². The smallest absolute Gasteiger partial charge is 0.123 e. The molecule has 0 atom stereocenters. The van der Waals surface area contributed by atoms with Crippen LogP contribution in [0.4, 0.5) is 0 Å². The van der Waals surface area contributed by atoms with E-state index in [0.717, 1.165) is 37.4 Å². The number of fused-ring (bicyclic) bond motifs is 1. The Morgan fingerprint density at radius 2 is 2.12 bits per heavy atom. The third-order valence-electron chi connectivity index (χ3n) is 2.96. The van der Waals surface area contributed by atoms with E-state index in [-0.39, 0.29) is 0 Å². The third kappa shape index (κ3) is 2.50. The number of imidazole rings is 1. The fraction of sp³-hybridized carbons (Fsp3) is 0.500. The van der Waals surface area contributed by atoms with Crippen molar-refractivity contribution in [2.24, 2.45) is 0 Å². The van der Waals surface area contributed by atoms with Gasteiger partial charge >= 0.3 is 0 Å². The number of nitrogens with one attached hydrogen (secondary N) is 1. The molecule has 0 fully saturated rings. The lowest BCUT2D eigenvalue weighted by Gasteiger charge is -2.07. The standard InChI is InChI=1S/C14H21N3/c1-4-8-17-13-7-6-11(3)9-12(13)16-14(17)10-15-5-2/h6-7,9,15H,4-5,8,10H2,1-3H3. The molecule has 3 nitrogen and oxygen atoms in total. The fourth-order valence-electron chi connectivity index (χ4n) is 2.13. The molecule has 0 aliphatic rings. The maximum absolute atomic E-state index is 4.73. The van der Waals surface area contributed by atoms with Crippen molar-refractivity contribution in [3.8, 4) is 0 Å². The van der Waals surface area contributed by atoms with Gasteiger partial charge in [0, 0.05) is 6.54 Å². The minimum absolute atomic E-state index is 0.851. The summed E-state index contributed by atoms with van der Waals surface area (Å²) in [5.74, 6) is 1.15. The van der Waals surface area contributed by atoms with Crippen molar-refractivity contribution in [2.45, 2.75) is 40.3 Å². The molecule has 0 bridgehead atoms. The highest BCUT2D eigenvalue weighted by Gasteiger charge is 2.09. The highest BCUT2D eigenvalue weighted by molar-refractivity contribution is 5.76. The first kappa shape index (κ1) is 12.1. The van der Waals surface area contributed by atoms with E-state index in [1.165, 1.54) is 11.1 Å². The van der Waals surface area contributed by atoms with Gasteiger partial charge in [-0.1, -0.05) is 19.9 Å². The summed E-state index contributed by atoms with van der Waals surface area (Å²) in [7, 11) is 0. The van der Waals surface area contributed by atoms with Crippen LogP contribution >= 0.6 is 0 Å². The van der Waals surface area contributed by atoms with Gasteiger partial charge in [-0.2, -0.15) is 0 Å². The Bertz CT molecular complexity index is 499. The average Bonchev–Trinajstić information content (AvgIpc) is 2.64. The molecule has 2 aromatic rings. The van der Waals surface area contributed by atoms with E-state index in [9.17, 15) is 0 Å². The number of benzene rings is 1.